The number of nitrogens with one attached hydrogen (secondary N) is 2. The van der Waals surface area contributed by atoms with Crippen LogP contribution < -0.4 is 10.2 Å². The van der Waals surface area contributed by atoms with Crippen LogP contribution in [0, 0.1) is 5.41 Å². The molecule has 37 heavy (non-hydrogen) atoms. The number of aromatic nitrogens is 3. The second-order valence-corrected chi connectivity index (χ2v) is 8.55. The molecule has 1 amide bonds. The number of nitrogens with zero attached hydrogens (tertiary/aromatic N) is 4. The van der Waals surface area contributed by atoms with Gasteiger partial charge in [0, 0.05) is 36.8 Å². The van der Waals surface area contributed by atoms with Crippen LogP contribution in [-0.4, -0.2) is 45.3 Å². The predicted octanol–water partition coefficient (Wildman–Crippen LogP) is 4.57. The average molecular weight is 499 g/mol. The van der Waals surface area contributed by atoms with Gasteiger partial charge in [0.2, 0.25) is 0 Å². The maximum absolute atomic E-state index is 13.5. The van der Waals surface area contributed by atoms with Crippen LogP contribution in [0.2, 0.25) is 0 Å². The molecule has 4 rings (SSSR count). The minimum atomic E-state index is -0.365. The van der Waals surface area contributed by atoms with Gasteiger partial charge in [-0.15, -0.1) is 0 Å². The molecule has 190 valence electrons. The molecular weight excluding hydrogens is 468 g/mol. The summed E-state index contributed by atoms with van der Waals surface area (Å²) in [6, 6.07) is 18.4. The van der Waals surface area contributed by atoms with Gasteiger partial charge in [-0.1, -0.05) is 18.2 Å². The van der Waals surface area contributed by atoms with E-state index in [0.717, 1.165) is 22.6 Å². The quantitative estimate of drug-likeness (QED) is 0.245. The first-order chi connectivity index (χ1) is 17.9. The van der Waals surface area contributed by atoms with Crippen molar-refractivity contribution in [3.63, 3.8) is 0 Å². The lowest BCUT2D eigenvalue weighted by Gasteiger charge is -2.21. The van der Waals surface area contributed by atoms with Crippen LogP contribution in [0.1, 0.15) is 42.0 Å². The lowest BCUT2D eigenvalue weighted by atomic mass is 10.1. The van der Waals surface area contributed by atoms with Crippen molar-refractivity contribution in [3.8, 4) is 0 Å². The number of pyridine rings is 1. The number of hydrogen-bond acceptors (Lipinski definition) is 7. The highest BCUT2D eigenvalue weighted by atomic mass is 16.5. The van der Waals surface area contributed by atoms with Crippen LogP contribution in [0.5, 0.6) is 0 Å². The van der Waals surface area contributed by atoms with Crippen molar-refractivity contribution < 1.29 is 14.3 Å². The van der Waals surface area contributed by atoms with Crippen molar-refractivity contribution in [1.29, 1.82) is 5.41 Å². The lowest BCUT2D eigenvalue weighted by molar-refractivity contribution is -0.142. The van der Waals surface area contributed by atoms with Gasteiger partial charge < -0.3 is 20.0 Å². The van der Waals surface area contributed by atoms with Crippen molar-refractivity contribution >= 4 is 40.1 Å². The fraction of sp³-hybridized carbons (Fsp3) is 0.250. The van der Waals surface area contributed by atoms with Crippen LogP contribution in [0.3, 0.4) is 0 Å². The molecule has 2 aromatic heterocycles. The SMILES string of the molecule is CCOC(=O)CCN(C(=O)c1ccc2c(c1)nc(CNc1ccc(C(C)=N)cc1)n2C)c1ccccn1. The van der Waals surface area contributed by atoms with Gasteiger partial charge in [0.1, 0.15) is 11.6 Å². The zero-order chi connectivity index (χ0) is 26.4. The molecule has 9 heteroatoms. The van der Waals surface area contributed by atoms with Crippen molar-refractivity contribution in [2.45, 2.75) is 26.8 Å². The van der Waals surface area contributed by atoms with Gasteiger partial charge in [0.05, 0.1) is 30.6 Å². The minimum absolute atomic E-state index is 0.0676. The largest absolute Gasteiger partial charge is 0.466 e. The lowest BCUT2D eigenvalue weighted by Crippen LogP contribution is -2.34. The summed E-state index contributed by atoms with van der Waals surface area (Å²) in [5.74, 6) is 0.649. The van der Waals surface area contributed by atoms with Crippen LogP contribution in [0.4, 0.5) is 11.5 Å². The third-order valence-corrected chi connectivity index (χ3v) is 6.00. The fourth-order valence-electron chi connectivity index (χ4n) is 3.99. The first-order valence-electron chi connectivity index (χ1n) is 12.1. The van der Waals surface area contributed by atoms with E-state index in [1.165, 1.54) is 4.90 Å². The maximum atomic E-state index is 13.5. The van der Waals surface area contributed by atoms with Gasteiger partial charge >= 0.3 is 5.97 Å². The molecule has 0 saturated carbocycles. The number of amides is 1. The number of anilines is 2. The average Bonchev–Trinajstić information content (AvgIpc) is 3.23. The predicted molar refractivity (Wildman–Crippen MR) is 144 cm³/mol. The van der Waals surface area contributed by atoms with Crippen LogP contribution in [0.25, 0.3) is 11.0 Å². The molecule has 4 aromatic rings. The van der Waals surface area contributed by atoms with E-state index in [1.54, 1.807) is 50.4 Å². The molecule has 0 saturated heterocycles. The highest BCUT2D eigenvalue weighted by molar-refractivity contribution is 6.07. The monoisotopic (exact) mass is 498 g/mol. The molecule has 0 bridgehead atoms. The van der Waals surface area contributed by atoms with Crippen molar-refractivity contribution in [2.24, 2.45) is 7.05 Å². The molecule has 0 aliphatic heterocycles. The van der Waals surface area contributed by atoms with Crippen LogP contribution in [-0.2, 0) is 23.1 Å². The summed E-state index contributed by atoms with van der Waals surface area (Å²) in [5, 5.41) is 11.1. The summed E-state index contributed by atoms with van der Waals surface area (Å²) < 4.78 is 7.02. The van der Waals surface area contributed by atoms with E-state index >= 15 is 0 Å². The molecule has 0 spiro atoms. The number of hydrogen-bond donors (Lipinski definition) is 2. The fourth-order valence-corrected chi connectivity index (χ4v) is 3.99. The van der Waals surface area contributed by atoms with Crippen LogP contribution in [0.15, 0.2) is 66.9 Å². The Labute approximate surface area is 215 Å². The Balaban J connectivity index is 1.54. The molecular formula is C28H30N6O3. The van der Waals surface area contributed by atoms with Gasteiger partial charge in [0.15, 0.2) is 0 Å². The first kappa shape index (κ1) is 25.6. The zero-order valence-corrected chi connectivity index (χ0v) is 21.2. The molecule has 0 aliphatic rings. The molecule has 0 fully saturated rings. The number of carbonyl (C=O) groups excluding carboxylic acids is 2. The number of carbonyl (C=O) groups is 2. The summed E-state index contributed by atoms with van der Waals surface area (Å²) >= 11 is 0. The summed E-state index contributed by atoms with van der Waals surface area (Å²) in [6.45, 7) is 4.45. The molecule has 0 unspecified atom stereocenters. The molecule has 2 N–H and O–H groups in total. The summed E-state index contributed by atoms with van der Waals surface area (Å²) in [7, 11) is 1.94. The molecule has 0 aliphatic carbocycles. The summed E-state index contributed by atoms with van der Waals surface area (Å²) in [6.07, 6.45) is 1.68. The van der Waals surface area contributed by atoms with Gasteiger partial charge in [-0.05, 0) is 61.9 Å². The van der Waals surface area contributed by atoms with Gasteiger partial charge in [-0.25, -0.2) is 9.97 Å². The highest BCUT2D eigenvalue weighted by Crippen LogP contribution is 2.21. The molecule has 2 aromatic carbocycles. The van der Waals surface area contributed by atoms with Crippen molar-refractivity contribution in [3.05, 3.63) is 83.8 Å². The Morgan fingerprint density at radius 1 is 1.08 bits per heavy atom. The minimum Gasteiger partial charge on any atom is -0.466 e. The van der Waals surface area contributed by atoms with Gasteiger partial charge in [-0.2, -0.15) is 0 Å². The van der Waals surface area contributed by atoms with E-state index in [4.69, 9.17) is 15.1 Å². The van der Waals surface area contributed by atoms with E-state index in [2.05, 4.69) is 10.3 Å². The van der Waals surface area contributed by atoms with Gasteiger partial charge in [-0.3, -0.25) is 14.5 Å². The Bertz CT molecular complexity index is 1410. The first-order valence-corrected chi connectivity index (χ1v) is 12.1. The van der Waals surface area contributed by atoms with E-state index in [9.17, 15) is 9.59 Å². The topological polar surface area (TPSA) is 113 Å². The number of aryl methyl sites for hydroxylation is 1. The number of ether oxygens (including phenoxy) is 1. The maximum Gasteiger partial charge on any atom is 0.307 e. The van der Waals surface area contributed by atoms with Gasteiger partial charge in [0.25, 0.3) is 5.91 Å². The molecule has 9 nitrogen and oxygen atoms in total. The number of fused-ring (bicyclic) bond motifs is 1. The van der Waals surface area contributed by atoms with E-state index < -0.39 is 0 Å². The Hall–Kier alpha value is -4.53. The second kappa shape index (κ2) is 11.5. The third-order valence-electron chi connectivity index (χ3n) is 6.00. The normalized spacial score (nSPS) is 10.8. The molecule has 2 heterocycles. The van der Waals surface area contributed by atoms with Crippen LogP contribution >= 0.6 is 0 Å². The van der Waals surface area contributed by atoms with E-state index in [-0.39, 0.29) is 24.8 Å². The second-order valence-electron chi connectivity index (χ2n) is 8.55. The molecule has 0 atom stereocenters. The number of esters is 1. The summed E-state index contributed by atoms with van der Waals surface area (Å²) in [4.78, 5) is 36.0. The number of benzene rings is 2. The number of rotatable bonds is 10. The Morgan fingerprint density at radius 3 is 2.51 bits per heavy atom. The zero-order valence-electron chi connectivity index (χ0n) is 21.2. The standard InChI is InChI=1S/C28H30N6O3/c1-4-37-27(35)14-16-34(25-7-5-6-15-30-25)28(36)21-10-13-24-23(17-21)32-26(33(24)3)18-31-22-11-8-20(9-12-22)19(2)29/h5-13,15,17,29,31H,4,14,16,18H2,1-3H3. The van der Waals surface area contributed by atoms with Crippen molar-refractivity contribution in [2.75, 3.05) is 23.4 Å². The Morgan fingerprint density at radius 2 is 1.84 bits per heavy atom. The smallest absolute Gasteiger partial charge is 0.307 e. The third kappa shape index (κ3) is 6.00. The molecule has 0 radical (unpaired) electrons. The van der Waals surface area contributed by atoms with Crippen molar-refractivity contribution in [1.82, 2.24) is 14.5 Å². The van der Waals surface area contributed by atoms with E-state index in [1.807, 2.05) is 41.9 Å². The van der Waals surface area contributed by atoms with E-state index in [0.29, 0.717) is 35.8 Å². The number of imidazole rings is 1. The Kier molecular flexibility index (Phi) is 7.92. The summed E-state index contributed by atoms with van der Waals surface area (Å²) in [5.41, 5.74) is 4.39. The highest BCUT2D eigenvalue weighted by Gasteiger charge is 2.21.